The molecule has 0 nitrogen and oxygen atoms in total. The first-order valence-corrected chi connectivity index (χ1v) is 10.9. The molecule has 4 aliphatic rings. The number of allylic oxidation sites excluding steroid dienone is 4. The number of hydrogen-bond acceptors (Lipinski definition) is 0. The third-order valence-corrected chi connectivity index (χ3v) is 10.7. The van der Waals surface area contributed by atoms with Gasteiger partial charge in [0.25, 0.3) is 0 Å². The molecule has 4 unspecified atom stereocenters. The summed E-state index contributed by atoms with van der Waals surface area (Å²) in [4.78, 5) is 0. The van der Waals surface area contributed by atoms with Crippen LogP contribution >= 0.6 is 0 Å². The molecule has 0 bridgehead atoms. The molecule has 0 amide bonds. The van der Waals surface area contributed by atoms with Crippen LogP contribution in [0.5, 0.6) is 0 Å². The van der Waals surface area contributed by atoms with Crippen molar-refractivity contribution in [2.75, 3.05) is 0 Å². The Morgan fingerprint density at radius 3 is 2.32 bits per heavy atom. The zero-order valence-corrected chi connectivity index (χ0v) is 17.9. The molecule has 0 N–H and O–H groups in total. The molecule has 0 aromatic rings. The van der Waals surface area contributed by atoms with Crippen molar-refractivity contribution in [2.45, 2.75) is 99.8 Å². The lowest BCUT2D eigenvalue weighted by molar-refractivity contribution is -0.105. The molecule has 6 atom stereocenters. The number of rotatable bonds is 0. The summed E-state index contributed by atoms with van der Waals surface area (Å²) in [5, 5.41) is 0. The molecule has 0 radical (unpaired) electrons. The van der Waals surface area contributed by atoms with Crippen LogP contribution in [0.3, 0.4) is 0 Å². The van der Waals surface area contributed by atoms with E-state index in [9.17, 15) is 0 Å². The first-order valence-electron chi connectivity index (χ1n) is 10.9. The largest absolute Gasteiger partial charge is 0.0879 e. The molecular weight excluding hydrogens is 300 g/mol. The van der Waals surface area contributed by atoms with Gasteiger partial charge in [0.2, 0.25) is 0 Å². The van der Waals surface area contributed by atoms with Gasteiger partial charge in [0.15, 0.2) is 0 Å². The Bertz CT molecular complexity index is 653. The molecule has 0 aliphatic heterocycles. The zero-order chi connectivity index (χ0) is 18.3. The fourth-order valence-corrected chi connectivity index (χ4v) is 8.37. The van der Waals surface area contributed by atoms with E-state index < -0.39 is 0 Å². The highest BCUT2D eigenvalue weighted by Gasteiger charge is 2.68. The van der Waals surface area contributed by atoms with Gasteiger partial charge in [-0.25, -0.2) is 0 Å². The van der Waals surface area contributed by atoms with Crippen LogP contribution in [0.15, 0.2) is 23.3 Å². The Balaban J connectivity index is 1.87. The Kier molecular flexibility index (Phi) is 3.61. The van der Waals surface area contributed by atoms with E-state index in [0.29, 0.717) is 27.1 Å². The fourth-order valence-electron chi connectivity index (χ4n) is 8.37. The van der Waals surface area contributed by atoms with E-state index in [1.165, 1.54) is 51.4 Å². The lowest BCUT2D eigenvalue weighted by Crippen LogP contribution is -2.60. The minimum absolute atomic E-state index is 0.381. The molecule has 4 rings (SSSR count). The summed E-state index contributed by atoms with van der Waals surface area (Å²) in [6.07, 6.45) is 16.3. The van der Waals surface area contributed by atoms with Gasteiger partial charge in [-0.3, -0.25) is 0 Å². The second-order valence-electron chi connectivity index (χ2n) is 11.4. The van der Waals surface area contributed by atoms with Gasteiger partial charge in [0.05, 0.1) is 0 Å². The van der Waals surface area contributed by atoms with Crippen LogP contribution in [-0.4, -0.2) is 0 Å². The Hall–Kier alpha value is -0.520. The van der Waals surface area contributed by atoms with Gasteiger partial charge in [0, 0.05) is 0 Å². The summed E-state index contributed by atoms with van der Waals surface area (Å²) in [5.41, 5.74) is 5.75. The molecule has 140 valence electrons. The number of hydrogen-bond donors (Lipinski definition) is 0. The highest BCUT2D eigenvalue weighted by atomic mass is 14.7. The maximum atomic E-state index is 2.75. The van der Waals surface area contributed by atoms with Crippen molar-refractivity contribution in [3.8, 4) is 0 Å². The molecule has 0 heterocycles. The molecule has 0 aromatic heterocycles. The first kappa shape index (κ1) is 17.9. The van der Waals surface area contributed by atoms with Crippen molar-refractivity contribution in [1.82, 2.24) is 0 Å². The molecule has 0 aromatic carbocycles. The Morgan fingerprint density at radius 2 is 1.64 bits per heavy atom. The normalized spacial score (nSPS) is 56.8. The van der Waals surface area contributed by atoms with Crippen molar-refractivity contribution >= 4 is 0 Å². The van der Waals surface area contributed by atoms with E-state index in [4.69, 9.17) is 0 Å². The predicted octanol–water partition coefficient (Wildman–Crippen LogP) is 7.70. The summed E-state index contributed by atoms with van der Waals surface area (Å²) in [5.74, 6) is 0.911. The summed E-state index contributed by atoms with van der Waals surface area (Å²) in [6, 6.07) is 0. The standard InChI is InChI=1S/C25H40/c1-8-19-10-14-25(7)22(19,4)13-11-20-23(5)12-9-18(2)17-21(23,3)15-16-24(20,25)6/h8,11,18H,9-10,12-17H2,1-7H3/b19-8-/t18-,21?,22?,23?,24?,25-/m1/s1. The molecule has 0 saturated heterocycles. The maximum Gasteiger partial charge on any atom is -0.00198 e. The highest BCUT2D eigenvalue weighted by Crippen LogP contribution is 2.77. The van der Waals surface area contributed by atoms with Crippen LogP contribution in [0.1, 0.15) is 99.8 Å². The van der Waals surface area contributed by atoms with Crippen LogP contribution in [0.25, 0.3) is 0 Å². The van der Waals surface area contributed by atoms with Gasteiger partial charge in [-0.05, 0) is 91.3 Å². The maximum absolute atomic E-state index is 2.75. The summed E-state index contributed by atoms with van der Waals surface area (Å²) in [7, 11) is 0. The van der Waals surface area contributed by atoms with E-state index in [1.54, 1.807) is 5.57 Å². The topological polar surface area (TPSA) is 0 Å². The van der Waals surface area contributed by atoms with Crippen molar-refractivity contribution in [3.05, 3.63) is 23.3 Å². The minimum Gasteiger partial charge on any atom is -0.0879 e. The van der Waals surface area contributed by atoms with E-state index in [0.717, 1.165) is 5.92 Å². The molecule has 3 fully saturated rings. The molecule has 0 spiro atoms. The molecule has 0 heteroatoms. The van der Waals surface area contributed by atoms with Crippen LogP contribution in [0, 0.1) is 33.0 Å². The smallest absolute Gasteiger partial charge is 0.00198 e. The Labute approximate surface area is 156 Å². The van der Waals surface area contributed by atoms with Crippen molar-refractivity contribution in [1.29, 1.82) is 0 Å². The van der Waals surface area contributed by atoms with Crippen molar-refractivity contribution in [3.63, 3.8) is 0 Å². The fraction of sp³-hybridized carbons (Fsp3) is 0.840. The third-order valence-electron chi connectivity index (χ3n) is 10.7. The van der Waals surface area contributed by atoms with Gasteiger partial charge < -0.3 is 0 Å². The highest BCUT2D eigenvalue weighted by molar-refractivity contribution is 5.41. The number of fused-ring (bicyclic) bond motifs is 5. The first-order chi connectivity index (χ1) is 11.6. The third kappa shape index (κ3) is 1.85. The van der Waals surface area contributed by atoms with Crippen LogP contribution in [0.2, 0.25) is 0 Å². The lowest BCUT2D eigenvalue weighted by Gasteiger charge is -2.68. The second-order valence-corrected chi connectivity index (χ2v) is 11.4. The monoisotopic (exact) mass is 340 g/mol. The lowest BCUT2D eigenvalue weighted by atomic mass is 9.36. The van der Waals surface area contributed by atoms with Crippen molar-refractivity contribution in [2.24, 2.45) is 33.0 Å². The molecule has 4 aliphatic carbocycles. The van der Waals surface area contributed by atoms with E-state index in [-0.39, 0.29) is 0 Å². The molecule has 25 heavy (non-hydrogen) atoms. The minimum atomic E-state index is 0.381. The molecule has 3 saturated carbocycles. The van der Waals surface area contributed by atoms with Gasteiger partial charge in [-0.2, -0.15) is 0 Å². The van der Waals surface area contributed by atoms with E-state index in [1.807, 2.05) is 5.57 Å². The predicted molar refractivity (Wildman–Crippen MR) is 108 cm³/mol. The van der Waals surface area contributed by atoms with Gasteiger partial charge in [-0.1, -0.05) is 64.8 Å². The average Bonchev–Trinajstić information content (AvgIpc) is 2.82. The summed E-state index contributed by atoms with van der Waals surface area (Å²) < 4.78 is 0. The van der Waals surface area contributed by atoms with Gasteiger partial charge in [0.1, 0.15) is 0 Å². The molecular formula is C25H40. The van der Waals surface area contributed by atoms with Gasteiger partial charge >= 0.3 is 0 Å². The quantitative estimate of drug-likeness (QED) is 0.396. The van der Waals surface area contributed by atoms with Gasteiger partial charge in [-0.15, -0.1) is 0 Å². The van der Waals surface area contributed by atoms with Crippen LogP contribution in [-0.2, 0) is 0 Å². The average molecular weight is 341 g/mol. The second kappa shape index (κ2) is 5.05. The zero-order valence-electron chi connectivity index (χ0n) is 17.9. The van der Waals surface area contributed by atoms with Crippen molar-refractivity contribution < 1.29 is 0 Å². The SMILES string of the molecule is C/C=C1/CC[C@@]2(C)C3(C)CCC4(C)C[C@H](C)CCC4(C)C3=CCC12C. The summed E-state index contributed by atoms with van der Waals surface area (Å²) in [6.45, 7) is 18.0. The van der Waals surface area contributed by atoms with Crippen LogP contribution < -0.4 is 0 Å². The summed E-state index contributed by atoms with van der Waals surface area (Å²) >= 11 is 0. The Morgan fingerprint density at radius 1 is 0.920 bits per heavy atom. The van der Waals surface area contributed by atoms with Crippen LogP contribution in [0.4, 0.5) is 0 Å². The van der Waals surface area contributed by atoms with E-state index in [2.05, 4.69) is 60.6 Å². The van der Waals surface area contributed by atoms with E-state index >= 15 is 0 Å².